The molecule has 0 heterocycles. The van der Waals surface area contributed by atoms with E-state index in [1.807, 2.05) is 0 Å². The van der Waals surface area contributed by atoms with Crippen LogP contribution in [0.2, 0.25) is 5.04 Å². The molecule has 0 amide bonds. The summed E-state index contributed by atoms with van der Waals surface area (Å²) in [7, 11) is -2.36. The summed E-state index contributed by atoms with van der Waals surface area (Å²) in [4.78, 5) is 0. The monoisotopic (exact) mass is 470 g/mol. The molecule has 2 aromatic rings. The highest BCUT2D eigenvalue weighted by Crippen LogP contribution is 2.35. The van der Waals surface area contributed by atoms with Crippen LogP contribution in [-0.4, -0.2) is 72.6 Å². The van der Waals surface area contributed by atoms with E-state index in [0.29, 0.717) is 52.9 Å². The van der Waals surface area contributed by atoms with E-state index >= 15 is 0 Å². The summed E-state index contributed by atoms with van der Waals surface area (Å²) < 4.78 is 21.8. The number of benzene rings is 2. The Morgan fingerprint density at radius 1 is 0.667 bits per heavy atom. The summed E-state index contributed by atoms with van der Waals surface area (Å²) in [6.45, 7) is 10.6. The fraction of sp³-hybridized carbons (Fsp3) is 0.481. The predicted molar refractivity (Wildman–Crippen MR) is 136 cm³/mol. The third-order valence-corrected chi connectivity index (χ3v) is 10.5. The van der Waals surface area contributed by atoms with E-state index in [-0.39, 0.29) is 11.6 Å². The van der Waals surface area contributed by atoms with Crippen molar-refractivity contribution in [2.45, 2.75) is 25.8 Å². The van der Waals surface area contributed by atoms with Gasteiger partial charge in [0.15, 0.2) is 0 Å². The predicted octanol–water partition coefficient (Wildman–Crippen LogP) is 2.65. The first kappa shape index (κ1) is 27.3. The summed E-state index contributed by atoms with van der Waals surface area (Å²) in [5.41, 5.74) is 3.72. The highest BCUT2D eigenvalue weighted by molar-refractivity contribution is 7.10. The maximum Gasteiger partial charge on any atom is 0.204 e. The summed E-state index contributed by atoms with van der Waals surface area (Å²) in [5.74, 6) is 3.34. The first-order chi connectivity index (χ1) is 16.0. The third-order valence-electron chi connectivity index (χ3n) is 5.34. The van der Waals surface area contributed by atoms with Crippen molar-refractivity contribution in [3.05, 3.63) is 60.7 Å². The highest BCUT2D eigenvalue weighted by atomic mass is 28.3. The van der Waals surface area contributed by atoms with Gasteiger partial charge in [-0.2, -0.15) is 0 Å². The molecule has 2 aromatic carbocycles. The smallest absolute Gasteiger partial charge is 0.204 e. The van der Waals surface area contributed by atoms with Gasteiger partial charge in [-0.25, -0.2) is 0 Å². The fourth-order valence-electron chi connectivity index (χ4n) is 3.76. The van der Waals surface area contributed by atoms with Crippen molar-refractivity contribution in [1.29, 1.82) is 0 Å². The molecule has 0 bridgehead atoms. The quantitative estimate of drug-likeness (QED) is 0.261. The van der Waals surface area contributed by atoms with Gasteiger partial charge >= 0.3 is 0 Å². The number of hydrogen-bond acceptors (Lipinski definition) is 5. The average molecular weight is 471 g/mol. The molecule has 0 aliphatic rings. The van der Waals surface area contributed by atoms with Crippen LogP contribution < -0.4 is 10.4 Å². The van der Waals surface area contributed by atoms with Gasteiger partial charge < -0.3 is 24.1 Å². The number of hydrogen-bond donors (Lipinski definition) is 1. The van der Waals surface area contributed by atoms with Crippen LogP contribution in [-0.2, 0) is 18.9 Å². The van der Waals surface area contributed by atoms with Crippen molar-refractivity contribution in [2.24, 2.45) is 0 Å². The third kappa shape index (κ3) is 8.71. The van der Waals surface area contributed by atoms with Crippen molar-refractivity contribution >= 4 is 18.4 Å². The molecule has 0 aliphatic carbocycles. The van der Waals surface area contributed by atoms with Crippen molar-refractivity contribution in [3.63, 3.8) is 0 Å². The zero-order chi connectivity index (χ0) is 23.8. The second-order valence-corrected chi connectivity index (χ2v) is 13.1. The molecule has 0 aromatic heterocycles. The van der Waals surface area contributed by atoms with Crippen molar-refractivity contribution in [3.8, 4) is 11.5 Å². The normalized spacial score (nSPS) is 11.8. The van der Waals surface area contributed by atoms with Gasteiger partial charge in [-0.15, -0.1) is 5.54 Å². The Morgan fingerprint density at radius 3 is 1.52 bits per heavy atom. The zero-order valence-corrected chi connectivity index (χ0v) is 21.2. The molecule has 0 saturated heterocycles. The molecular weight excluding hydrogens is 432 g/mol. The van der Waals surface area contributed by atoms with Gasteiger partial charge in [-0.3, -0.25) is 0 Å². The van der Waals surface area contributed by atoms with Gasteiger partial charge in [0, 0.05) is 0 Å². The number of aliphatic hydroxyl groups excluding tert-OH is 1. The Morgan fingerprint density at radius 2 is 1.09 bits per heavy atom. The lowest BCUT2D eigenvalue weighted by Crippen LogP contribution is -2.63. The fourth-order valence-corrected chi connectivity index (χ4v) is 8.21. The molecule has 0 aliphatic heterocycles. The van der Waals surface area contributed by atoms with Gasteiger partial charge in [-0.05, 0) is 15.4 Å². The SMILES string of the molecule is CC(C)(C)[Si](C#CCOCCOCCOCCOCCO)(c1ccccc1)c1ccccc1. The van der Waals surface area contributed by atoms with Crippen LogP contribution in [0.25, 0.3) is 0 Å². The Kier molecular flexibility index (Phi) is 12.4. The maximum atomic E-state index is 8.62. The van der Waals surface area contributed by atoms with Crippen molar-refractivity contribution < 1.29 is 24.1 Å². The standard InChI is InChI=1S/C27H38O5Si/c1-27(2,3)33(25-11-6-4-7-12-25,26-13-8-5-9-14-26)24-10-16-29-18-20-31-22-23-32-21-19-30-17-15-28/h4-9,11-14,28H,15-23H2,1-3H3. The first-order valence-corrected chi connectivity index (χ1v) is 13.6. The van der Waals surface area contributed by atoms with Crippen LogP contribution in [0.15, 0.2) is 60.7 Å². The Bertz CT molecular complexity index is 785. The minimum Gasteiger partial charge on any atom is -0.394 e. The summed E-state index contributed by atoms with van der Waals surface area (Å²) in [6, 6.07) is 21.4. The van der Waals surface area contributed by atoms with E-state index in [0.717, 1.165) is 0 Å². The summed E-state index contributed by atoms with van der Waals surface area (Å²) in [5, 5.41) is 11.3. The molecule has 6 heteroatoms. The van der Waals surface area contributed by atoms with Crippen molar-refractivity contribution in [1.82, 2.24) is 0 Å². The Balaban J connectivity index is 1.87. The number of aliphatic hydroxyl groups is 1. The van der Waals surface area contributed by atoms with Crippen LogP contribution in [0, 0.1) is 11.5 Å². The molecule has 2 rings (SSSR count). The maximum absolute atomic E-state index is 8.62. The number of ether oxygens (including phenoxy) is 4. The lowest BCUT2D eigenvalue weighted by molar-refractivity contribution is -0.00291. The molecule has 5 nitrogen and oxygen atoms in total. The van der Waals surface area contributed by atoms with Crippen LogP contribution in [0.3, 0.4) is 0 Å². The first-order valence-electron chi connectivity index (χ1n) is 11.6. The Hall–Kier alpha value is -1.98. The second-order valence-electron chi connectivity index (χ2n) is 8.65. The van der Waals surface area contributed by atoms with E-state index < -0.39 is 8.07 Å². The summed E-state index contributed by atoms with van der Waals surface area (Å²) in [6.07, 6.45) is 0. The van der Waals surface area contributed by atoms with Crippen LogP contribution in [0.4, 0.5) is 0 Å². The molecule has 1 N–H and O–H groups in total. The molecule has 0 spiro atoms. The van der Waals surface area contributed by atoms with Crippen molar-refractivity contribution in [2.75, 3.05) is 59.5 Å². The molecule has 0 radical (unpaired) electrons. The number of rotatable bonds is 14. The second kappa shape index (κ2) is 15.0. The van der Waals surface area contributed by atoms with Crippen LogP contribution in [0.1, 0.15) is 20.8 Å². The molecule has 0 atom stereocenters. The Labute approximate surface area is 200 Å². The van der Waals surface area contributed by atoms with Crippen LogP contribution in [0.5, 0.6) is 0 Å². The van der Waals surface area contributed by atoms with Gasteiger partial charge in [0.2, 0.25) is 8.07 Å². The van der Waals surface area contributed by atoms with E-state index in [2.05, 4.69) is 92.9 Å². The zero-order valence-electron chi connectivity index (χ0n) is 20.2. The van der Waals surface area contributed by atoms with Crippen LogP contribution >= 0.6 is 0 Å². The van der Waals surface area contributed by atoms with E-state index in [9.17, 15) is 0 Å². The van der Waals surface area contributed by atoms with Gasteiger partial charge in [0.05, 0.1) is 52.9 Å². The highest BCUT2D eigenvalue weighted by Gasteiger charge is 2.46. The lowest BCUT2D eigenvalue weighted by Gasteiger charge is -2.39. The molecule has 0 saturated carbocycles. The van der Waals surface area contributed by atoms with E-state index in [1.54, 1.807) is 0 Å². The van der Waals surface area contributed by atoms with E-state index in [4.69, 9.17) is 24.1 Å². The lowest BCUT2D eigenvalue weighted by atomic mass is 10.2. The minimum atomic E-state index is -2.36. The van der Waals surface area contributed by atoms with Gasteiger partial charge in [0.25, 0.3) is 0 Å². The minimum absolute atomic E-state index is 0.00888. The summed E-state index contributed by atoms with van der Waals surface area (Å²) >= 11 is 0. The molecular formula is C27H38O5Si. The molecule has 33 heavy (non-hydrogen) atoms. The molecule has 0 unspecified atom stereocenters. The van der Waals surface area contributed by atoms with Gasteiger partial charge in [0.1, 0.15) is 6.61 Å². The molecule has 0 fully saturated rings. The topological polar surface area (TPSA) is 57.2 Å². The van der Waals surface area contributed by atoms with Gasteiger partial charge in [-0.1, -0.05) is 87.4 Å². The molecule has 180 valence electrons. The largest absolute Gasteiger partial charge is 0.394 e. The van der Waals surface area contributed by atoms with E-state index in [1.165, 1.54) is 10.4 Å². The average Bonchev–Trinajstić information content (AvgIpc) is 2.82.